The molecular formula is C26H23N3O5. The maximum absolute atomic E-state index is 13.1. The van der Waals surface area contributed by atoms with Crippen LogP contribution in [0.5, 0.6) is 0 Å². The molecule has 1 fully saturated rings. The molecule has 0 aliphatic carbocycles. The fraction of sp³-hybridized carbons (Fsp3) is 0.192. The Balaban J connectivity index is 1.71. The molecule has 1 amide bonds. The zero-order chi connectivity index (χ0) is 24.2. The number of hydrogen-bond donors (Lipinski definition) is 1. The van der Waals surface area contributed by atoms with Crippen molar-refractivity contribution in [3.05, 3.63) is 101 Å². The van der Waals surface area contributed by atoms with Gasteiger partial charge in [-0.2, -0.15) is 0 Å². The van der Waals surface area contributed by atoms with Crippen LogP contribution in [0.25, 0.3) is 5.76 Å². The molecule has 1 aliphatic heterocycles. The lowest BCUT2D eigenvalue weighted by atomic mass is 9.96. The number of benzene rings is 1. The minimum Gasteiger partial charge on any atom is -0.507 e. The number of aromatic nitrogens is 2. The van der Waals surface area contributed by atoms with E-state index in [9.17, 15) is 19.5 Å². The lowest BCUT2D eigenvalue weighted by Gasteiger charge is -2.25. The molecule has 8 heteroatoms. The summed E-state index contributed by atoms with van der Waals surface area (Å²) in [6.07, 6.45) is 5.91. The van der Waals surface area contributed by atoms with E-state index < -0.39 is 23.7 Å². The van der Waals surface area contributed by atoms with Crippen LogP contribution >= 0.6 is 0 Å². The molecule has 1 unspecified atom stereocenters. The summed E-state index contributed by atoms with van der Waals surface area (Å²) in [5.74, 6) is -2.22. The lowest BCUT2D eigenvalue weighted by Crippen LogP contribution is -2.29. The van der Waals surface area contributed by atoms with E-state index in [0.29, 0.717) is 22.3 Å². The monoisotopic (exact) mass is 457 g/mol. The number of pyridine rings is 2. The second-order valence-electron chi connectivity index (χ2n) is 8.10. The molecule has 1 saturated heterocycles. The maximum Gasteiger partial charge on any atom is 0.338 e. The van der Waals surface area contributed by atoms with Crippen molar-refractivity contribution in [1.82, 2.24) is 14.9 Å². The number of ketones is 1. The molecule has 0 spiro atoms. The van der Waals surface area contributed by atoms with Crippen molar-refractivity contribution in [3.8, 4) is 0 Å². The topological polar surface area (TPSA) is 110 Å². The van der Waals surface area contributed by atoms with Gasteiger partial charge in [-0.25, -0.2) is 4.79 Å². The number of aliphatic hydroxyl groups excluding tert-OH is 1. The largest absolute Gasteiger partial charge is 0.507 e. The van der Waals surface area contributed by atoms with Crippen molar-refractivity contribution in [2.45, 2.75) is 32.5 Å². The number of nitrogens with zero attached hydrogens (tertiary/aromatic N) is 3. The molecule has 8 nitrogen and oxygen atoms in total. The fourth-order valence-corrected chi connectivity index (χ4v) is 3.82. The Morgan fingerprint density at radius 2 is 1.71 bits per heavy atom. The van der Waals surface area contributed by atoms with E-state index in [1.54, 1.807) is 74.8 Å². The van der Waals surface area contributed by atoms with Gasteiger partial charge >= 0.3 is 5.97 Å². The number of carbonyl (C=O) groups is 3. The average molecular weight is 457 g/mol. The highest BCUT2D eigenvalue weighted by atomic mass is 16.5. The van der Waals surface area contributed by atoms with E-state index in [2.05, 4.69) is 9.97 Å². The molecule has 3 aromatic rings. The highest BCUT2D eigenvalue weighted by Crippen LogP contribution is 2.39. The van der Waals surface area contributed by atoms with Crippen LogP contribution in [0.4, 0.5) is 0 Å². The normalized spacial score (nSPS) is 17.3. The van der Waals surface area contributed by atoms with Gasteiger partial charge in [-0.05, 0) is 55.3 Å². The van der Waals surface area contributed by atoms with E-state index in [1.165, 1.54) is 17.3 Å². The second-order valence-corrected chi connectivity index (χ2v) is 8.10. The van der Waals surface area contributed by atoms with E-state index in [4.69, 9.17) is 4.74 Å². The van der Waals surface area contributed by atoms with Crippen LogP contribution < -0.4 is 0 Å². The zero-order valence-corrected chi connectivity index (χ0v) is 18.7. The van der Waals surface area contributed by atoms with E-state index in [-0.39, 0.29) is 24.0 Å². The summed E-state index contributed by atoms with van der Waals surface area (Å²) >= 11 is 0. The van der Waals surface area contributed by atoms with Crippen LogP contribution in [0.3, 0.4) is 0 Å². The van der Waals surface area contributed by atoms with Crippen molar-refractivity contribution in [2.24, 2.45) is 0 Å². The number of rotatable bonds is 6. The van der Waals surface area contributed by atoms with Crippen LogP contribution in [0, 0.1) is 0 Å². The van der Waals surface area contributed by atoms with Crippen LogP contribution in [-0.4, -0.2) is 43.7 Å². The van der Waals surface area contributed by atoms with Gasteiger partial charge in [-0.1, -0.05) is 18.2 Å². The molecule has 0 radical (unpaired) electrons. The molecule has 0 saturated carbocycles. The van der Waals surface area contributed by atoms with E-state index >= 15 is 0 Å². The third kappa shape index (κ3) is 4.56. The van der Waals surface area contributed by atoms with Gasteiger partial charge in [0.05, 0.1) is 23.3 Å². The van der Waals surface area contributed by atoms with Crippen molar-refractivity contribution in [1.29, 1.82) is 0 Å². The Hall–Kier alpha value is -4.33. The predicted octanol–water partition coefficient (Wildman–Crippen LogP) is 3.66. The minimum absolute atomic E-state index is 0.0127. The van der Waals surface area contributed by atoms with Gasteiger partial charge < -0.3 is 14.7 Å². The quantitative estimate of drug-likeness (QED) is 0.260. The number of Topliss-reactive ketones (excluding diaryl/α,β-unsaturated/α-hetero) is 1. The van der Waals surface area contributed by atoms with Crippen molar-refractivity contribution < 1.29 is 24.2 Å². The third-order valence-electron chi connectivity index (χ3n) is 5.38. The highest BCUT2D eigenvalue weighted by molar-refractivity contribution is 6.46. The van der Waals surface area contributed by atoms with Crippen LogP contribution in [0.2, 0.25) is 0 Å². The van der Waals surface area contributed by atoms with Gasteiger partial charge in [0.25, 0.3) is 11.7 Å². The fourth-order valence-electron chi connectivity index (χ4n) is 3.82. The maximum atomic E-state index is 13.1. The zero-order valence-electron chi connectivity index (χ0n) is 18.7. The van der Waals surface area contributed by atoms with Gasteiger partial charge in [0.1, 0.15) is 5.76 Å². The second kappa shape index (κ2) is 9.66. The number of likely N-dealkylation sites (tertiary alicyclic amines) is 1. The summed E-state index contributed by atoms with van der Waals surface area (Å²) in [6, 6.07) is 12.4. The number of amides is 1. The Bertz CT molecular complexity index is 1240. The first-order valence-electron chi connectivity index (χ1n) is 10.8. The predicted molar refractivity (Wildman–Crippen MR) is 123 cm³/mol. The lowest BCUT2D eigenvalue weighted by molar-refractivity contribution is -0.140. The van der Waals surface area contributed by atoms with Crippen LogP contribution in [0.1, 0.15) is 46.9 Å². The van der Waals surface area contributed by atoms with Gasteiger partial charge in [0, 0.05) is 36.9 Å². The van der Waals surface area contributed by atoms with Gasteiger partial charge in [-0.15, -0.1) is 0 Å². The standard InChI is InChI=1S/C26H23N3O5/c1-16(2)34-26(33)19-7-5-17(6-8-19)15-29-22(20-4-3-11-28-14-20)21(24(31)25(29)32)23(30)18-9-12-27-13-10-18/h3-14,16,22,30H,15H2,1-2H3/b23-21+. The first kappa shape index (κ1) is 22.8. The molecule has 3 heterocycles. The van der Waals surface area contributed by atoms with Gasteiger partial charge in [-0.3, -0.25) is 19.6 Å². The van der Waals surface area contributed by atoms with E-state index in [1.807, 2.05) is 0 Å². The average Bonchev–Trinajstić information content (AvgIpc) is 3.09. The summed E-state index contributed by atoms with van der Waals surface area (Å²) in [7, 11) is 0. The molecule has 1 aliphatic rings. The Morgan fingerprint density at radius 3 is 2.32 bits per heavy atom. The van der Waals surface area contributed by atoms with Gasteiger partial charge in [0.2, 0.25) is 0 Å². The summed E-state index contributed by atoms with van der Waals surface area (Å²) in [5, 5.41) is 11.0. The Labute approximate surface area is 196 Å². The highest BCUT2D eigenvalue weighted by Gasteiger charge is 2.46. The third-order valence-corrected chi connectivity index (χ3v) is 5.38. The molecule has 0 bridgehead atoms. The molecule has 4 rings (SSSR count). The summed E-state index contributed by atoms with van der Waals surface area (Å²) in [6.45, 7) is 3.64. The molecule has 172 valence electrons. The Morgan fingerprint density at radius 1 is 1.00 bits per heavy atom. The first-order chi connectivity index (χ1) is 16.4. The number of hydrogen-bond acceptors (Lipinski definition) is 7. The summed E-state index contributed by atoms with van der Waals surface area (Å²) in [4.78, 5) is 47.7. The van der Waals surface area contributed by atoms with Crippen molar-refractivity contribution >= 4 is 23.4 Å². The molecule has 1 aromatic carbocycles. The first-order valence-corrected chi connectivity index (χ1v) is 10.8. The molecule has 34 heavy (non-hydrogen) atoms. The van der Waals surface area contributed by atoms with Crippen molar-refractivity contribution in [3.63, 3.8) is 0 Å². The molecule has 1 atom stereocenters. The number of esters is 1. The molecule has 1 N–H and O–H groups in total. The number of carbonyl (C=O) groups excluding carboxylic acids is 3. The number of ether oxygens (including phenoxy) is 1. The smallest absolute Gasteiger partial charge is 0.338 e. The summed E-state index contributed by atoms with van der Waals surface area (Å²) < 4.78 is 5.20. The summed E-state index contributed by atoms with van der Waals surface area (Å²) in [5.41, 5.74) is 2.06. The van der Waals surface area contributed by atoms with E-state index in [0.717, 1.165) is 0 Å². The van der Waals surface area contributed by atoms with Crippen LogP contribution in [-0.2, 0) is 20.9 Å². The van der Waals surface area contributed by atoms with Crippen molar-refractivity contribution in [2.75, 3.05) is 0 Å². The number of aliphatic hydroxyl groups is 1. The Kier molecular flexibility index (Phi) is 6.49. The van der Waals surface area contributed by atoms with Crippen LogP contribution in [0.15, 0.2) is 78.9 Å². The minimum atomic E-state index is -0.826. The molecular weight excluding hydrogens is 434 g/mol. The van der Waals surface area contributed by atoms with Gasteiger partial charge in [0.15, 0.2) is 0 Å². The SMILES string of the molecule is CC(C)OC(=O)c1ccc(CN2C(=O)C(=O)/C(=C(/O)c3ccncc3)C2c2cccnc2)cc1. The molecule has 2 aromatic heterocycles.